The maximum atomic E-state index is 13.9. The number of ether oxygens (including phenoxy) is 1. The number of fused-ring (bicyclic) bond motifs is 4. The molecule has 1 fully saturated rings. The van der Waals surface area contributed by atoms with E-state index in [9.17, 15) is 4.79 Å². The zero-order chi connectivity index (χ0) is 24.2. The highest BCUT2D eigenvalue weighted by Gasteiger charge is 2.59. The molecule has 3 atom stereocenters. The van der Waals surface area contributed by atoms with Crippen LogP contribution >= 0.6 is 35.4 Å². The standard InChI is InChI=1S/C26H23Cl2N3O2S/c1-14-4-10-20(15(2)12-14)29-24(32)22-23-19-13-17(28)7-11-21(19)33-26(22,3)31(25(34)30-23)18-8-5-16(27)6-9-18/h4-13,22-23H,1-3H3,(H,29,32)(H,30,34)/t22-,23+,26-/m0/s1. The van der Waals surface area contributed by atoms with Crippen LogP contribution in [-0.4, -0.2) is 16.7 Å². The summed E-state index contributed by atoms with van der Waals surface area (Å²) >= 11 is 18.2. The van der Waals surface area contributed by atoms with Gasteiger partial charge in [0.1, 0.15) is 11.7 Å². The fourth-order valence-electron chi connectivity index (χ4n) is 4.90. The summed E-state index contributed by atoms with van der Waals surface area (Å²) in [4.78, 5) is 15.7. The molecular formula is C26H23Cl2N3O2S. The molecule has 3 aromatic carbocycles. The molecule has 3 aromatic rings. The van der Waals surface area contributed by atoms with E-state index in [1.807, 2.05) is 68.1 Å². The average Bonchev–Trinajstić information content (AvgIpc) is 2.77. The first-order valence-electron chi connectivity index (χ1n) is 10.9. The first kappa shape index (κ1) is 23.0. The van der Waals surface area contributed by atoms with Gasteiger partial charge in [-0.2, -0.15) is 0 Å². The van der Waals surface area contributed by atoms with E-state index < -0.39 is 17.7 Å². The molecular weight excluding hydrogens is 489 g/mol. The molecule has 0 unspecified atom stereocenters. The van der Waals surface area contributed by atoms with Crippen LogP contribution in [0.2, 0.25) is 10.0 Å². The minimum atomic E-state index is -1.11. The normalized spacial score (nSPS) is 23.0. The number of hydrogen-bond donors (Lipinski definition) is 2. The van der Waals surface area contributed by atoms with Crippen molar-refractivity contribution in [2.45, 2.75) is 32.5 Å². The fourth-order valence-corrected chi connectivity index (χ4v) is 5.62. The van der Waals surface area contributed by atoms with Gasteiger partial charge in [-0.05, 0) is 87.1 Å². The maximum Gasteiger partial charge on any atom is 0.236 e. The Hall–Kier alpha value is -2.80. The lowest BCUT2D eigenvalue weighted by molar-refractivity contribution is -0.130. The van der Waals surface area contributed by atoms with E-state index in [4.69, 9.17) is 40.2 Å². The van der Waals surface area contributed by atoms with Crippen LogP contribution in [0.5, 0.6) is 5.75 Å². The van der Waals surface area contributed by atoms with Gasteiger partial charge in [-0.15, -0.1) is 0 Å². The van der Waals surface area contributed by atoms with Crippen molar-refractivity contribution in [1.82, 2.24) is 5.32 Å². The topological polar surface area (TPSA) is 53.6 Å². The number of anilines is 2. The molecule has 5 rings (SSSR count). The Bertz CT molecular complexity index is 1310. The Morgan fingerprint density at radius 3 is 2.47 bits per heavy atom. The van der Waals surface area contributed by atoms with Gasteiger partial charge in [-0.3, -0.25) is 9.69 Å². The lowest BCUT2D eigenvalue weighted by Crippen LogP contribution is -2.72. The van der Waals surface area contributed by atoms with Gasteiger partial charge in [0.25, 0.3) is 0 Å². The van der Waals surface area contributed by atoms with Crippen LogP contribution in [0.1, 0.15) is 29.7 Å². The van der Waals surface area contributed by atoms with E-state index >= 15 is 0 Å². The number of carbonyl (C=O) groups is 1. The number of hydrogen-bond acceptors (Lipinski definition) is 3. The fraction of sp³-hybridized carbons (Fsp3) is 0.231. The molecule has 34 heavy (non-hydrogen) atoms. The summed E-state index contributed by atoms with van der Waals surface area (Å²) in [5.74, 6) is -0.179. The van der Waals surface area contributed by atoms with Crippen molar-refractivity contribution in [2.24, 2.45) is 5.92 Å². The van der Waals surface area contributed by atoms with E-state index in [1.165, 1.54) is 0 Å². The zero-order valence-corrected chi connectivity index (χ0v) is 21.2. The summed E-state index contributed by atoms with van der Waals surface area (Å²) in [7, 11) is 0. The van der Waals surface area contributed by atoms with Crippen molar-refractivity contribution in [1.29, 1.82) is 0 Å². The molecule has 2 heterocycles. The molecule has 0 spiro atoms. The molecule has 174 valence electrons. The second-order valence-corrected chi connectivity index (χ2v) is 10.1. The summed E-state index contributed by atoms with van der Waals surface area (Å²) in [6.07, 6.45) is 0. The van der Waals surface area contributed by atoms with E-state index in [-0.39, 0.29) is 5.91 Å². The quantitative estimate of drug-likeness (QED) is 0.398. The SMILES string of the molecule is Cc1ccc(NC(=O)[C@@H]2[C@@H]3NC(=S)N(c4ccc(Cl)cc4)[C@@]2(C)Oc2ccc(Cl)cc23)c(C)c1. The van der Waals surface area contributed by atoms with Crippen LogP contribution in [0, 0.1) is 19.8 Å². The molecule has 2 N–H and O–H groups in total. The Morgan fingerprint density at radius 1 is 1.06 bits per heavy atom. The third-order valence-electron chi connectivity index (χ3n) is 6.47. The molecule has 2 aliphatic heterocycles. The Balaban J connectivity index is 1.63. The van der Waals surface area contributed by atoms with Gasteiger partial charge in [-0.1, -0.05) is 40.9 Å². The van der Waals surface area contributed by atoms with Crippen LogP contribution in [0.3, 0.4) is 0 Å². The maximum absolute atomic E-state index is 13.9. The number of benzene rings is 3. The van der Waals surface area contributed by atoms with Gasteiger partial charge >= 0.3 is 0 Å². The van der Waals surface area contributed by atoms with Crippen LogP contribution in [0.25, 0.3) is 0 Å². The molecule has 8 heteroatoms. The monoisotopic (exact) mass is 511 g/mol. The Labute approximate surface area is 214 Å². The highest BCUT2D eigenvalue weighted by Crippen LogP contribution is 2.50. The number of carbonyl (C=O) groups excluding carboxylic acids is 1. The highest BCUT2D eigenvalue weighted by molar-refractivity contribution is 7.80. The van der Waals surface area contributed by atoms with Gasteiger partial charge in [0, 0.05) is 27.0 Å². The van der Waals surface area contributed by atoms with Crippen LogP contribution in [0.15, 0.2) is 60.7 Å². The first-order chi connectivity index (χ1) is 16.2. The summed E-state index contributed by atoms with van der Waals surface area (Å²) < 4.78 is 6.58. The Morgan fingerprint density at radius 2 is 1.76 bits per heavy atom. The van der Waals surface area contributed by atoms with E-state index in [1.54, 1.807) is 18.2 Å². The van der Waals surface area contributed by atoms with Gasteiger partial charge in [0.15, 0.2) is 10.8 Å². The lowest BCUT2D eigenvalue weighted by Gasteiger charge is -2.56. The smallest absolute Gasteiger partial charge is 0.236 e. The first-order valence-corrected chi connectivity index (χ1v) is 12.1. The summed E-state index contributed by atoms with van der Waals surface area (Å²) in [5, 5.41) is 8.13. The number of rotatable bonds is 3. The molecule has 2 bridgehead atoms. The molecule has 0 aromatic heterocycles. The van der Waals surface area contributed by atoms with Crippen molar-refractivity contribution in [3.05, 3.63) is 87.4 Å². The average molecular weight is 512 g/mol. The highest BCUT2D eigenvalue weighted by atomic mass is 35.5. The van der Waals surface area contributed by atoms with Crippen molar-refractivity contribution in [3.63, 3.8) is 0 Å². The van der Waals surface area contributed by atoms with Crippen molar-refractivity contribution in [2.75, 3.05) is 10.2 Å². The van der Waals surface area contributed by atoms with E-state index in [0.29, 0.717) is 20.9 Å². The molecule has 0 saturated carbocycles. The number of nitrogens with one attached hydrogen (secondary N) is 2. The number of halogens is 2. The zero-order valence-electron chi connectivity index (χ0n) is 18.9. The van der Waals surface area contributed by atoms with Crippen molar-refractivity contribution < 1.29 is 9.53 Å². The number of amides is 1. The molecule has 0 radical (unpaired) electrons. The lowest BCUT2D eigenvalue weighted by atomic mass is 9.78. The molecule has 0 aliphatic carbocycles. The number of nitrogens with zero attached hydrogens (tertiary/aromatic N) is 1. The van der Waals surface area contributed by atoms with Crippen molar-refractivity contribution in [3.8, 4) is 5.75 Å². The second-order valence-electron chi connectivity index (χ2n) is 8.86. The largest absolute Gasteiger partial charge is 0.467 e. The van der Waals surface area contributed by atoms with Crippen LogP contribution in [-0.2, 0) is 4.79 Å². The Kier molecular flexibility index (Phi) is 5.71. The number of thiocarbonyl (C=S) groups is 1. The van der Waals surface area contributed by atoms with Gasteiger partial charge < -0.3 is 15.4 Å². The molecule has 2 aliphatic rings. The molecule has 1 saturated heterocycles. The predicted octanol–water partition coefficient (Wildman–Crippen LogP) is 6.41. The van der Waals surface area contributed by atoms with Crippen molar-refractivity contribution >= 4 is 57.8 Å². The minimum absolute atomic E-state index is 0.181. The third-order valence-corrected chi connectivity index (χ3v) is 7.25. The van der Waals surface area contributed by atoms with Gasteiger partial charge in [-0.25, -0.2) is 0 Å². The van der Waals surface area contributed by atoms with Gasteiger partial charge in [0.05, 0.1) is 6.04 Å². The number of aryl methyl sites for hydroxylation is 2. The van der Waals surface area contributed by atoms with Crippen LogP contribution < -0.4 is 20.3 Å². The second kappa shape index (κ2) is 8.45. The van der Waals surface area contributed by atoms with Gasteiger partial charge in [0.2, 0.25) is 5.91 Å². The molecule has 5 nitrogen and oxygen atoms in total. The van der Waals surface area contributed by atoms with E-state index in [0.717, 1.165) is 28.1 Å². The minimum Gasteiger partial charge on any atom is -0.467 e. The summed E-state index contributed by atoms with van der Waals surface area (Å²) in [6.45, 7) is 5.89. The van der Waals surface area contributed by atoms with E-state index in [2.05, 4.69) is 10.6 Å². The molecule has 1 amide bonds. The van der Waals surface area contributed by atoms with Crippen LogP contribution in [0.4, 0.5) is 11.4 Å². The summed E-state index contributed by atoms with van der Waals surface area (Å²) in [6, 6.07) is 18.3. The predicted molar refractivity (Wildman–Crippen MR) is 141 cm³/mol. The summed E-state index contributed by atoms with van der Waals surface area (Å²) in [5.41, 5.74) is 3.33. The third kappa shape index (κ3) is 3.80.